The van der Waals surface area contributed by atoms with Crippen LogP contribution in [0.4, 0.5) is 0 Å². The smallest absolute Gasteiger partial charge is 0.165 e. The van der Waals surface area contributed by atoms with Crippen LogP contribution in [0.5, 0.6) is 5.75 Å². The van der Waals surface area contributed by atoms with E-state index in [-0.39, 0.29) is 17.8 Å². The van der Waals surface area contributed by atoms with Crippen molar-refractivity contribution in [2.45, 2.75) is 38.7 Å². The summed E-state index contributed by atoms with van der Waals surface area (Å²) in [6.45, 7) is 2.57. The number of rotatable bonds is 4. The minimum Gasteiger partial charge on any atom is -0.494 e. The van der Waals surface area contributed by atoms with Crippen LogP contribution in [-0.4, -0.2) is 23.6 Å². The van der Waals surface area contributed by atoms with E-state index >= 15 is 0 Å². The van der Waals surface area contributed by atoms with E-state index in [2.05, 4.69) is 0 Å². The number of hydrogen-bond acceptors (Lipinski definition) is 3. The average molecular weight is 248 g/mol. The third-order valence-electron chi connectivity index (χ3n) is 3.52. The van der Waals surface area contributed by atoms with Crippen molar-refractivity contribution in [1.82, 2.24) is 0 Å². The van der Waals surface area contributed by atoms with Crippen molar-refractivity contribution in [2.24, 2.45) is 5.92 Å². The van der Waals surface area contributed by atoms with Crippen LogP contribution >= 0.6 is 0 Å². The van der Waals surface area contributed by atoms with Gasteiger partial charge in [0.05, 0.1) is 12.7 Å². The summed E-state index contributed by atoms with van der Waals surface area (Å²) in [4.78, 5) is 12.3. The molecule has 0 heterocycles. The summed E-state index contributed by atoms with van der Waals surface area (Å²) in [6.07, 6.45) is 2.87. The Balaban J connectivity index is 2.00. The highest BCUT2D eigenvalue weighted by molar-refractivity contribution is 5.98. The molecule has 0 radical (unpaired) electrons. The maximum Gasteiger partial charge on any atom is 0.165 e. The van der Waals surface area contributed by atoms with Crippen molar-refractivity contribution in [3.63, 3.8) is 0 Å². The fourth-order valence-electron chi connectivity index (χ4n) is 2.46. The summed E-state index contributed by atoms with van der Waals surface area (Å²) in [6, 6.07) is 7.35. The fourth-order valence-corrected chi connectivity index (χ4v) is 2.46. The Morgan fingerprint density at radius 3 is 2.39 bits per heavy atom. The van der Waals surface area contributed by atoms with E-state index in [1.807, 2.05) is 31.2 Å². The molecule has 1 fully saturated rings. The highest BCUT2D eigenvalue weighted by atomic mass is 16.5. The highest BCUT2D eigenvalue weighted by Crippen LogP contribution is 2.27. The van der Waals surface area contributed by atoms with Crippen molar-refractivity contribution in [2.75, 3.05) is 6.61 Å². The molecular weight excluding hydrogens is 228 g/mol. The lowest BCUT2D eigenvalue weighted by atomic mass is 9.82. The first-order valence-corrected chi connectivity index (χ1v) is 6.66. The molecule has 2 rings (SSSR count). The minimum absolute atomic E-state index is 0.0753. The number of carbonyl (C=O) groups is 1. The maximum absolute atomic E-state index is 12.3. The molecule has 1 aromatic rings. The van der Waals surface area contributed by atoms with Gasteiger partial charge in [0, 0.05) is 11.5 Å². The summed E-state index contributed by atoms with van der Waals surface area (Å²) < 4.78 is 5.36. The fraction of sp³-hybridized carbons (Fsp3) is 0.533. The minimum atomic E-state index is -0.214. The molecule has 3 heteroatoms. The van der Waals surface area contributed by atoms with Gasteiger partial charge < -0.3 is 9.84 Å². The number of ether oxygens (including phenoxy) is 1. The van der Waals surface area contributed by atoms with Crippen molar-refractivity contribution in [3.8, 4) is 5.75 Å². The average Bonchev–Trinajstić information content (AvgIpc) is 2.40. The first kappa shape index (κ1) is 13.1. The topological polar surface area (TPSA) is 46.5 Å². The quantitative estimate of drug-likeness (QED) is 0.833. The number of carbonyl (C=O) groups excluding carboxylic acids is 1. The van der Waals surface area contributed by atoms with E-state index in [4.69, 9.17) is 4.74 Å². The van der Waals surface area contributed by atoms with Crippen LogP contribution in [-0.2, 0) is 0 Å². The molecule has 0 bridgehead atoms. The largest absolute Gasteiger partial charge is 0.494 e. The van der Waals surface area contributed by atoms with E-state index in [1.54, 1.807) is 0 Å². The first-order valence-electron chi connectivity index (χ1n) is 6.66. The lowest BCUT2D eigenvalue weighted by Gasteiger charge is -2.24. The molecule has 0 amide bonds. The van der Waals surface area contributed by atoms with Crippen LogP contribution < -0.4 is 4.74 Å². The molecule has 1 aliphatic rings. The molecule has 0 unspecified atom stereocenters. The van der Waals surface area contributed by atoms with Gasteiger partial charge in [0.15, 0.2) is 5.78 Å². The number of aliphatic hydroxyl groups is 1. The Labute approximate surface area is 108 Å². The van der Waals surface area contributed by atoms with Gasteiger partial charge in [0.1, 0.15) is 5.75 Å². The van der Waals surface area contributed by atoms with E-state index in [0.29, 0.717) is 6.61 Å². The third-order valence-corrected chi connectivity index (χ3v) is 3.52. The van der Waals surface area contributed by atoms with Gasteiger partial charge in [-0.15, -0.1) is 0 Å². The SMILES string of the molecule is CCOc1ccc(C(=O)C2CCC(O)CC2)cc1. The van der Waals surface area contributed by atoms with E-state index in [9.17, 15) is 9.90 Å². The van der Waals surface area contributed by atoms with Gasteiger partial charge in [-0.3, -0.25) is 4.79 Å². The Hall–Kier alpha value is -1.35. The Morgan fingerprint density at radius 2 is 1.83 bits per heavy atom. The van der Waals surface area contributed by atoms with Crippen LogP contribution in [0.1, 0.15) is 43.0 Å². The van der Waals surface area contributed by atoms with E-state index in [1.165, 1.54) is 0 Å². The van der Waals surface area contributed by atoms with Crippen molar-refractivity contribution >= 4 is 5.78 Å². The zero-order valence-corrected chi connectivity index (χ0v) is 10.8. The van der Waals surface area contributed by atoms with Crippen LogP contribution in [0.3, 0.4) is 0 Å². The number of hydrogen-bond donors (Lipinski definition) is 1. The summed E-state index contributed by atoms with van der Waals surface area (Å²) >= 11 is 0. The molecule has 98 valence electrons. The normalized spacial score (nSPS) is 23.7. The van der Waals surface area contributed by atoms with Crippen molar-refractivity contribution in [3.05, 3.63) is 29.8 Å². The van der Waals surface area contributed by atoms with Crippen LogP contribution in [0, 0.1) is 5.92 Å². The van der Waals surface area contributed by atoms with Gasteiger partial charge in [0.25, 0.3) is 0 Å². The van der Waals surface area contributed by atoms with Crippen molar-refractivity contribution < 1.29 is 14.6 Å². The second-order valence-corrected chi connectivity index (χ2v) is 4.83. The zero-order chi connectivity index (χ0) is 13.0. The van der Waals surface area contributed by atoms with Gasteiger partial charge in [-0.2, -0.15) is 0 Å². The zero-order valence-electron chi connectivity index (χ0n) is 10.8. The van der Waals surface area contributed by atoms with Crippen LogP contribution in [0.25, 0.3) is 0 Å². The van der Waals surface area contributed by atoms with Gasteiger partial charge in [0.2, 0.25) is 0 Å². The Morgan fingerprint density at radius 1 is 1.22 bits per heavy atom. The molecule has 0 aromatic heterocycles. The maximum atomic E-state index is 12.3. The van der Waals surface area contributed by atoms with E-state index < -0.39 is 0 Å². The second kappa shape index (κ2) is 6.01. The molecule has 0 atom stereocenters. The molecule has 0 saturated heterocycles. The molecule has 1 aliphatic carbocycles. The van der Waals surface area contributed by atoms with Gasteiger partial charge >= 0.3 is 0 Å². The lowest BCUT2D eigenvalue weighted by Crippen LogP contribution is -2.24. The Kier molecular flexibility index (Phi) is 4.37. The van der Waals surface area contributed by atoms with Gasteiger partial charge in [-0.1, -0.05) is 0 Å². The molecule has 18 heavy (non-hydrogen) atoms. The first-order chi connectivity index (χ1) is 8.70. The molecular formula is C15H20O3. The number of aliphatic hydroxyl groups excluding tert-OH is 1. The second-order valence-electron chi connectivity index (χ2n) is 4.83. The summed E-state index contributed by atoms with van der Waals surface area (Å²) in [5.74, 6) is 1.07. The molecule has 3 nitrogen and oxygen atoms in total. The summed E-state index contributed by atoms with van der Waals surface area (Å²) in [5.41, 5.74) is 0.750. The third kappa shape index (κ3) is 3.10. The lowest BCUT2D eigenvalue weighted by molar-refractivity contribution is 0.0764. The predicted molar refractivity (Wildman–Crippen MR) is 69.9 cm³/mol. The van der Waals surface area contributed by atoms with Gasteiger partial charge in [-0.05, 0) is 56.9 Å². The van der Waals surface area contributed by atoms with Crippen LogP contribution in [0.2, 0.25) is 0 Å². The number of ketones is 1. The standard InChI is InChI=1S/C15H20O3/c1-2-18-14-9-5-12(6-10-14)15(17)11-3-7-13(16)8-4-11/h5-6,9-11,13,16H,2-4,7-8H2,1H3. The molecule has 1 saturated carbocycles. The van der Waals surface area contributed by atoms with Gasteiger partial charge in [-0.25, -0.2) is 0 Å². The van der Waals surface area contributed by atoms with Crippen LogP contribution in [0.15, 0.2) is 24.3 Å². The van der Waals surface area contributed by atoms with E-state index in [0.717, 1.165) is 37.0 Å². The Bertz CT molecular complexity index is 389. The monoisotopic (exact) mass is 248 g/mol. The molecule has 0 aliphatic heterocycles. The number of Topliss-reactive ketones (excluding diaryl/α,β-unsaturated/α-hetero) is 1. The molecule has 1 N–H and O–H groups in total. The predicted octanol–water partition coefficient (Wildman–Crippen LogP) is 2.82. The summed E-state index contributed by atoms with van der Waals surface area (Å²) in [5, 5.41) is 9.45. The van der Waals surface area contributed by atoms with Crippen molar-refractivity contribution in [1.29, 1.82) is 0 Å². The molecule has 1 aromatic carbocycles. The molecule has 0 spiro atoms. The highest BCUT2D eigenvalue weighted by Gasteiger charge is 2.25. The number of benzene rings is 1. The summed E-state index contributed by atoms with van der Waals surface area (Å²) in [7, 11) is 0.